The molecule has 0 fully saturated rings. The summed E-state index contributed by atoms with van der Waals surface area (Å²) in [6.07, 6.45) is 2.52. The number of aliphatic carboxylic acids is 1. The van der Waals surface area contributed by atoms with Crippen LogP contribution in [0, 0.1) is 5.82 Å². The van der Waals surface area contributed by atoms with Crippen molar-refractivity contribution in [3.63, 3.8) is 0 Å². The first-order chi connectivity index (χ1) is 14.9. The average molecular weight is 416 g/mol. The van der Waals surface area contributed by atoms with Crippen LogP contribution in [0.1, 0.15) is 5.56 Å². The van der Waals surface area contributed by atoms with Gasteiger partial charge in [0.25, 0.3) is 0 Å². The normalized spacial score (nSPS) is 11.1. The molecule has 0 saturated carbocycles. The number of ether oxygens (including phenoxy) is 1. The molecule has 5 nitrogen and oxygen atoms in total. The summed E-state index contributed by atoms with van der Waals surface area (Å²) in [5, 5.41) is 29.5. The van der Waals surface area contributed by atoms with E-state index in [2.05, 4.69) is 0 Å². The molecule has 0 bridgehead atoms. The van der Waals surface area contributed by atoms with Gasteiger partial charge in [0.15, 0.2) is 11.6 Å². The van der Waals surface area contributed by atoms with Crippen molar-refractivity contribution < 1.29 is 29.2 Å². The van der Waals surface area contributed by atoms with Crippen LogP contribution in [0.3, 0.4) is 0 Å². The highest BCUT2D eigenvalue weighted by atomic mass is 19.1. The van der Waals surface area contributed by atoms with E-state index in [0.717, 1.165) is 11.5 Å². The topological polar surface area (TPSA) is 87.0 Å². The zero-order valence-electron chi connectivity index (χ0n) is 16.1. The molecule has 0 aliphatic carbocycles. The fraction of sp³-hybridized carbons (Fsp3) is 0. The van der Waals surface area contributed by atoms with Crippen molar-refractivity contribution in [2.24, 2.45) is 0 Å². The molecule has 4 aromatic carbocycles. The number of hydrogen-bond acceptors (Lipinski definition) is 4. The fourth-order valence-corrected chi connectivity index (χ4v) is 3.23. The Bertz CT molecular complexity index is 1310. The van der Waals surface area contributed by atoms with Gasteiger partial charge in [-0.2, -0.15) is 0 Å². The molecule has 0 heterocycles. The molecule has 0 radical (unpaired) electrons. The molecule has 6 heteroatoms. The number of carbonyl (C=O) groups is 1. The second kappa shape index (κ2) is 8.20. The Balaban J connectivity index is 1.80. The number of carboxylic acids is 1. The summed E-state index contributed by atoms with van der Waals surface area (Å²) in [5.41, 5.74) is 1.81. The molecule has 0 unspecified atom stereocenters. The van der Waals surface area contributed by atoms with Crippen LogP contribution in [0.25, 0.3) is 28.0 Å². The zero-order valence-corrected chi connectivity index (χ0v) is 16.1. The van der Waals surface area contributed by atoms with Crippen molar-refractivity contribution in [2.75, 3.05) is 0 Å². The van der Waals surface area contributed by atoms with Crippen LogP contribution in [0.2, 0.25) is 0 Å². The molecule has 0 aliphatic heterocycles. The molecule has 0 atom stereocenters. The molecular weight excluding hydrogens is 399 g/mol. The predicted molar refractivity (Wildman–Crippen MR) is 116 cm³/mol. The lowest BCUT2D eigenvalue weighted by atomic mass is 9.99. The number of carboxylic acid groups (broad SMARTS) is 1. The number of aromatic hydroxyl groups is 2. The first kappa shape index (κ1) is 20.0. The highest BCUT2D eigenvalue weighted by Crippen LogP contribution is 2.41. The van der Waals surface area contributed by atoms with Crippen molar-refractivity contribution in [3.8, 4) is 34.1 Å². The molecular formula is C25H17FO5. The molecule has 0 aliphatic rings. The van der Waals surface area contributed by atoms with Crippen molar-refractivity contribution in [2.45, 2.75) is 0 Å². The van der Waals surface area contributed by atoms with Gasteiger partial charge in [0.2, 0.25) is 0 Å². The van der Waals surface area contributed by atoms with Crippen LogP contribution in [0.5, 0.6) is 23.0 Å². The van der Waals surface area contributed by atoms with Crippen LogP contribution < -0.4 is 4.74 Å². The van der Waals surface area contributed by atoms with E-state index in [9.17, 15) is 19.4 Å². The van der Waals surface area contributed by atoms with Gasteiger partial charge >= 0.3 is 5.97 Å². The van der Waals surface area contributed by atoms with Gasteiger partial charge in [-0.05, 0) is 71.1 Å². The number of halogens is 1. The number of benzene rings is 4. The Morgan fingerprint density at radius 3 is 2.39 bits per heavy atom. The second-order valence-electron chi connectivity index (χ2n) is 6.86. The van der Waals surface area contributed by atoms with Gasteiger partial charge in [-0.25, -0.2) is 9.18 Å². The Morgan fingerprint density at radius 1 is 0.903 bits per heavy atom. The summed E-state index contributed by atoms with van der Waals surface area (Å²) >= 11 is 0. The van der Waals surface area contributed by atoms with Gasteiger partial charge in [-0.3, -0.25) is 0 Å². The van der Waals surface area contributed by atoms with Crippen LogP contribution >= 0.6 is 0 Å². The second-order valence-corrected chi connectivity index (χ2v) is 6.86. The Labute approximate surface area is 176 Å². The number of phenolic OH excluding ortho intramolecular Hbond substituents is 2. The van der Waals surface area contributed by atoms with E-state index in [1.165, 1.54) is 24.3 Å². The lowest BCUT2D eigenvalue weighted by Gasteiger charge is -2.15. The minimum absolute atomic E-state index is 0.108. The molecule has 31 heavy (non-hydrogen) atoms. The summed E-state index contributed by atoms with van der Waals surface area (Å²) in [4.78, 5) is 10.7. The molecule has 4 aromatic rings. The summed E-state index contributed by atoms with van der Waals surface area (Å²) in [6, 6.07) is 19.3. The van der Waals surface area contributed by atoms with Crippen LogP contribution in [0.15, 0.2) is 78.9 Å². The fourth-order valence-electron chi connectivity index (χ4n) is 3.23. The third kappa shape index (κ3) is 4.33. The minimum Gasteiger partial charge on any atom is -0.508 e. The molecule has 3 N–H and O–H groups in total. The first-order valence-electron chi connectivity index (χ1n) is 9.34. The third-order valence-electron chi connectivity index (χ3n) is 4.73. The van der Waals surface area contributed by atoms with Gasteiger partial charge in [-0.1, -0.05) is 24.3 Å². The molecule has 0 amide bonds. The number of hydrogen-bond donors (Lipinski definition) is 3. The zero-order chi connectivity index (χ0) is 22.0. The van der Waals surface area contributed by atoms with E-state index in [4.69, 9.17) is 9.84 Å². The van der Waals surface area contributed by atoms with Gasteiger partial charge in [0.05, 0.1) is 0 Å². The van der Waals surface area contributed by atoms with E-state index in [1.54, 1.807) is 54.6 Å². The van der Waals surface area contributed by atoms with Crippen LogP contribution in [-0.2, 0) is 4.79 Å². The highest BCUT2D eigenvalue weighted by molar-refractivity contribution is 5.96. The maximum Gasteiger partial charge on any atom is 0.328 e. The smallest absolute Gasteiger partial charge is 0.328 e. The standard InChI is InChI=1S/C25H17FO5/c26-22-14-17(5-11-23(22)28)20-9-4-16-13-18(27)6-10-21(16)25(20)31-19-7-1-15(2-8-19)3-12-24(29)30/h1-14,27-28H,(H,29,30). The Kier molecular flexibility index (Phi) is 5.28. The maximum absolute atomic E-state index is 14.0. The SMILES string of the molecule is O=C(O)C=Cc1ccc(Oc2c(-c3ccc(O)c(F)c3)ccc3cc(O)ccc23)cc1. The van der Waals surface area contributed by atoms with Gasteiger partial charge in [0, 0.05) is 17.0 Å². The largest absolute Gasteiger partial charge is 0.508 e. The molecule has 0 aromatic heterocycles. The average Bonchev–Trinajstić information content (AvgIpc) is 2.75. The monoisotopic (exact) mass is 416 g/mol. The third-order valence-corrected chi connectivity index (χ3v) is 4.73. The lowest BCUT2D eigenvalue weighted by molar-refractivity contribution is -0.131. The molecule has 4 rings (SSSR count). The Morgan fingerprint density at radius 2 is 1.68 bits per heavy atom. The maximum atomic E-state index is 14.0. The number of phenols is 2. The van der Waals surface area contributed by atoms with Crippen LogP contribution in [0.4, 0.5) is 4.39 Å². The van der Waals surface area contributed by atoms with Crippen molar-refractivity contribution in [1.82, 2.24) is 0 Å². The molecule has 154 valence electrons. The van der Waals surface area contributed by atoms with Crippen molar-refractivity contribution in [1.29, 1.82) is 0 Å². The van der Waals surface area contributed by atoms with E-state index in [0.29, 0.717) is 33.6 Å². The summed E-state index contributed by atoms with van der Waals surface area (Å²) < 4.78 is 20.2. The first-order valence-corrected chi connectivity index (χ1v) is 9.34. The Hall–Kier alpha value is -4.32. The quantitative estimate of drug-likeness (QED) is 0.350. The number of rotatable bonds is 5. The highest BCUT2D eigenvalue weighted by Gasteiger charge is 2.14. The van der Waals surface area contributed by atoms with E-state index in [-0.39, 0.29) is 5.75 Å². The summed E-state index contributed by atoms with van der Waals surface area (Å²) in [5.74, 6) is -1.17. The minimum atomic E-state index is -1.04. The van der Waals surface area contributed by atoms with Crippen molar-refractivity contribution in [3.05, 3.63) is 90.3 Å². The van der Waals surface area contributed by atoms with E-state index in [1.807, 2.05) is 0 Å². The predicted octanol–water partition coefficient (Wildman–Crippen LogP) is 5.95. The molecule has 0 saturated heterocycles. The molecule has 0 spiro atoms. The number of fused-ring (bicyclic) bond motifs is 1. The summed E-state index contributed by atoms with van der Waals surface area (Å²) in [6.45, 7) is 0. The van der Waals surface area contributed by atoms with E-state index < -0.39 is 17.5 Å². The van der Waals surface area contributed by atoms with Crippen molar-refractivity contribution >= 4 is 22.8 Å². The van der Waals surface area contributed by atoms with Gasteiger partial charge < -0.3 is 20.1 Å². The van der Waals surface area contributed by atoms with Crippen LogP contribution in [-0.4, -0.2) is 21.3 Å². The lowest BCUT2D eigenvalue weighted by Crippen LogP contribution is -1.92. The van der Waals surface area contributed by atoms with E-state index >= 15 is 0 Å². The van der Waals surface area contributed by atoms with Gasteiger partial charge in [-0.15, -0.1) is 0 Å². The summed E-state index contributed by atoms with van der Waals surface area (Å²) in [7, 11) is 0. The van der Waals surface area contributed by atoms with Gasteiger partial charge in [0.1, 0.15) is 17.2 Å².